The number of amides is 1. The zero-order chi connectivity index (χ0) is 19.5. The van der Waals surface area contributed by atoms with E-state index in [0.717, 1.165) is 0 Å². The van der Waals surface area contributed by atoms with Crippen molar-refractivity contribution in [2.45, 2.75) is 32.4 Å². The fourth-order valence-electron chi connectivity index (χ4n) is 2.76. The van der Waals surface area contributed by atoms with E-state index in [9.17, 15) is 19.7 Å². The summed E-state index contributed by atoms with van der Waals surface area (Å²) in [5.41, 5.74) is -0.448. The van der Waals surface area contributed by atoms with Gasteiger partial charge in [-0.2, -0.15) is 0 Å². The molecule has 1 saturated heterocycles. The van der Waals surface area contributed by atoms with E-state index in [1.54, 1.807) is 43.9 Å². The minimum absolute atomic E-state index is 0.0215. The molecule has 1 aromatic carbocycles. The number of nitro benzene ring substituents is 1. The van der Waals surface area contributed by atoms with Crippen LogP contribution in [0, 0.1) is 10.1 Å². The van der Waals surface area contributed by atoms with Gasteiger partial charge in [0.25, 0.3) is 5.69 Å². The number of esters is 1. The van der Waals surface area contributed by atoms with Gasteiger partial charge in [0.1, 0.15) is 17.3 Å². The van der Waals surface area contributed by atoms with E-state index in [1.807, 2.05) is 0 Å². The maximum atomic E-state index is 12.3. The second-order valence-electron chi connectivity index (χ2n) is 6.90. The highest BCUT2D eigenvalue weighted by Crippen LogP contribution is 2.31. The van der Waals surface area contributed by atoms with Crippen LogP contribution in [0.3, 0.4) is 0 Å². The number of para-hydroxylation sites is 2. The van der Waals surface area contributed by atoms with Gasteiger partial charge in [-0.1, -0.05) is 12.1 Å². The Labute approximate surface area is 151 Å². The summed E-state index contributed by atoms with van der Waals surface area (Å²) in [7, 11) is 1.24. The van der Waals surface area contributed by atoms with Gasteiger partial charge in [-0.15, -0.1) is 0 Å². The number of piperazine rings is 1. The van der Waals surface area contributed by atoms with Crippen molar-refractivity contribution in [1.82, 2.24) is 4.90 Å². The average Bonchev–Trinajstić information content (AvgIpc) is 2.59. The summed E-state index contributed by atoms with van der Waals surface area (Å²) in [4.78, 5) is 38.4. The number of carbonyl (C=O) groups is 2. The third-order valence-corrected chi connectivity index (χ3v) is 3.89. The Kier molecular flexibility index (Phi) is 5.69. The third-order valence-electron chi connectivity index (χ3n) is 3.89. The smallest absolute Gasteiger partial charge is 0.410 e. The van der Waals surface area contributed by atoms with Crippen LogP contribution < -0.4 is 4.90 Å². The minimum Gasteiger partial charge on any atom is -0.467 e. The molecular weight excluding hydrogens is 342 g/mol. The van der Waals surface area contributed by atoms with Gasteiger partial charge < -0.3 is 19.3 Å². The van der Waals surface area contributed by atoms with E-state index in [0.29, 0.717) is 5.69 Å². The van der Waals surface area contributed by atoms with Crippen LogP contribution in [-0.4, -0.2) is 60.3 Å². The van der Waals surface area contributed by atoms with Gasteiger partial charge in [0.2, 0.25) is 0 Å². The van der Waals surface area contributed by atoms with Crippen molar-refractivity contribution in [3.05, 3.63) is 34.4 Å². The lowest BCUT2D eigenvalue weighted by Gasteiger charge is -2.41. The molecule has 142 valence electrons. The number of carbonyl (C=O) groups excluding carboxylic acids is 2. The van der Waals surface area contributed by atoms with E-state index in [1.165, 1.54) is 18.1 Å². The van der Waals surface area contributed by atoms with E-state index in [4.69, 9.17) is 9.47 Å². The fraction of sp³-hybridized carbons (Fsp3) is 0.529. The van der Waals surface area contributed by atoms with Gasteiger partial charge in [-0.05, 0) is 26.8 Å². The molecular formula is C17H23N3O6. The van der Waals surface area contributed by atoms with Crippen molar-refractivity contribution in [2.24, 2.45) is 0 Å². The van der Waals surface area contributed by atoms with Crippen molar-refractivity contribution in [1.29, 1.82) is 0 Å². The molecule has 0 N–H and O–H groups in total. The highest BCUT2D eigenvalue weighted by Gasteiger charge is 2.38. The number of hydrogen-bond acceptors (Lipinski definition) is 7. The molecule has 0 radical (unpaired) electrons. The summed E-state index contributed by atoms with van der Waals surface area (Å²) < 4.78 is 10.2. The van der Waals surface area contributed by atoms with Crippen LogP contribution in [0.5, 0.6) is 0 Å². The van der Waals surface area contributed by atoms with E-state index in [-0.39, 0.29) is 25.3 Å². The largest absolute Gasteiger partial charge is 0.467 e. The van der Waals surface area contributed by atoms with E-state index < -0.39 is 28.6 Å². The van der Waals surface area contributed by atoms with Crippen molar-refractivity contribution >= 4 is 23.4 Å². The second-order valence-corrected chi connectivity index (χ2v) is 6.90. The Bertz CT molecular complexity index is 700. The Hall–Kier alpha value is -2.84. The molecule has 0 aliphatic carbocycles. The lowest BCUT2D eigenvalue weighted by atomic mass is 10.1. The molecule has 2 rings (SSSR count). The summed E-state index contributed by atoms with van der Waals surface area (Å²) in [6.45, 7) is 5.80. The molecule has 0 spiro atoms. The van der Waals surface area contributed by atoms with Gasteiger partial charge >= 0.3 is 12.1 Å². The minimum atomic E-state index is -0.859. The summed E-state index contributed by atoms with van der Waals surface area (Å²) in [6.07, 6.45) is -0.534. The number of ether oxygens (including phenoxy) is 2. The maximum Gasteiger partial charge on any atom is 0.410 e. The molecule has 1 aliphatic heterocycles. The fourth-order valence-corrected chi connectivity index (χ4v) is 2.76. The molecule has 0 saturated carbocycles. The Morgan fingerprint density at radius 3 is 2.46 bits per heavy atom. The first kappa shape index (κ1) is 19.5. The summed E-state index contributed by atoms with van der Waals surface area (Å²) in [6, 6.07) is 5.33. The molecule has 9 heteroatoms. The standard InChI is InChI=1S/C17H23N3O6/c1-17(2,3)26-16(22)18-9-10-19(14(11-18)15(21)25-4)12-7-5-6-8-13(12)20(23)24/h5-8,14H,9-11H2,1-4H3/t14-/m0/s1. The van der Waals surface area contributed by atoms with Crippen molar-refractivity contribution in [2.75, 3.05) is 31.6 Å². The van der Waals surface area contributed by atoms with Crippen molar-refractivity contribution < 1.29 is 24.0 Å². The maximum absolute atomic E-state index is 12.3. The molecule has 1 amide bonds. The van der Waals surface area contributed by atoms with Crippen LogP contribution in [0.1, 0.15) is 20.8 Å². The molecule has 1 atom stereocenters. The number of benzene rings is 1. The quantitative estimate of drug-likeness (QED) is 0.459. The van der Waals surface area contributed by atoms with Crippen molar-refractivity contribution in [3.63, 3.8) is 0 Å². The SMILES string of the molecule is COC(=O)[C@@H]1CN(C(=O)OC(C)(C)C)CCN1c1ccccc1[N+](=O)[O-]. The monoisotopic (exact) mass is 365 g/mol. The van der Waals surface area contributed by atoms with Crippen LogP contribution in [0.4, 0.5) is 16.2 Å². The number of rotatable bonds is 3. The third kappa shape index (κ3) is 4.41. The van der Waals surface area contributed by atoms with Crippen LogP contribution >= 0.6 is 0 Å². The number of anilines is 1. The van der Waals surface area contributed by atoms with Gasteiger partial charge in [0.15, 0.2) is 0 Å². The Morgan fingerprint density at radius 2 is 1.88 bits per heavy atom. The van der Waals surface area contributed by atoms with Crippen LogP contribution in [0.15, 0.2) is 24.3 Å². The van der Waals surface area contributed by atoms with Gasteiger partial charge in [0, 0.05) is 19.2 Å². The number of methoxy groups -OCH3 is 1. The highest BCUT2D eigenvalue weighted by atomic mass is 16.6. The molecule has 0 aromatic heterocycles. The number of nitrogens with zero attached hydrogens (tertiary/aromatic N) is 3. The second kappa shape index (κ2) is 7.59. The normalized spacial score (nSPS) is 17.6. The molecule has 1 heterocycles. The molecule has 0 unspecified atom stereocenters. The Morgan fingerprint density at radius 1 is 1.23 bits per heavy atom. The molecule has 26 heavy (non-hydrogen) atoms. The van der Waals surface area contributed by atoms with E-state index in [2.05, 4.69) is 0 Å². The summed E-state index contributed by atoms with van der Waals surface area (Å²) in [5, 5.41) is 11.3. The van der Waals surface area contributed by atoms with Crippen LogP contribution in [0.25, 0.3) is 0 Å². The first-order chi connectivity index (χ1) is 12.1. The average molecular weight is 365 g/mol. The van der Waals surface area contributed by atoms with Gasteiger partial charge in [-0.3, -0.25) is 10.1 Å². The topological polar surface area (TPSA) is 102 Å². The predicted molar refractivity (Wildman–Crippen MR) is 94.1 cm³/mol. The van der Waals surface area contributed by atoms with Gasteiger partial charge in [-0.25, -0.2) is 9.59 Å². The lowest BCUT2D eigenvalue weighted by Crippen LogP contribution is -2.59. The Balaban J connectivity index is 2.29. The zero-order valence-corrected chi connectivity index (χ0v) is 15.3. The van der Waals surface area contributed by atoms with E-state index >= 15 is 0 Å². The summed E-state index contributed by atoms with van der Waals surface area (Å²) in [5.74, 6) is -0.573. The first-order valence-corrected chi connectivity index (χ1v) is 8.20. The molecule has 9 nitrogen and oxygen atoms in total. The molecule has 0 bridgehead atoms. The highest BCUT2D eigenvalue weighted by molar-refractivity contribution is 5.83. The van der Waals surface area contributed by atoms with Crippen LogP contribution in [0.2, 0.25) is 0 Å². The van der Waals surface area contributed by atoms with Crippen molar-refractivity contribution in [3.8, 4) is 0 Å². The van der Waals surface area contributed by atoms with Gasteiger partial charge in [0.05, 0.1) is 18.6 Å². The predicted octanol–water partition coefficient (Wildman–Crippen LogP) is 2.19. The first-order valence-electron chi connectivity index (χ1n) is 8.20. The number of nitro groups is 1. The zero-order valence-electron chi connectivity index (χ0n) is 15.3. The lowest BCUT2D eigenvalue weighted by molar-refractivity contribution is -0.384. The molecule has 1 aliphatic rings. The summed E-state index contributed by atoms with van der Waals surface area (Å²) >= 11 is 0. The molecule has 1 aromatic rings. The van der Waals surface area contributed by atoms with Crippen LogP contribution in [-0.2, 0) is 14.3 Å². The molecule has 1 fully saturated rings. The number of hydrogen-bond donors (Lipinski definition) is 0.